The zero-order valence-electron chi connectivity index (χ0n) is 14.0. The number of aromatic amines is 1. The Hall–Kier alpha value is -1.81. The molecule has 2 aliphatic heterocycles. The Kier molecular flexibility index (Phi) is 3.64. The van der Waals surface area contributed by atoms with E-state index in [1.807, 2.05) is 6.07 Å². The van der Waals surface area contributed by atoms with Gasteiger partial charge in [0.1, 0.15) is 5.69 Å². The van der Waals surface area contributed by atoms with Gasteiger partial charge >= 0.3 is 0 Å². The standard InChI is InChI=1S/C19H25N3O/c1-13-7-8-14-12-16(20-15(14)11-13)19(23)22-10-4-6-18(22)17-5-3-9-21(17)2/h7-8,11-12,17-18,20H,3-6,9-10H2,1-2H3/t17-,18-/m1/s1. The smallest absolute Gasteiger partial charge is 0.270 e. The van der Waals surface area contributed by atoms with Crippen molar-refractivity contribution in [2.45, 2.75) is 44.7 Å². The fourth-order valence-corrected chi connectivity index (χ4v) is 4.38. The molecular formula is C19H25N3O. The molecule has 0 bridgehead atoms. The van der Waals surface area contributed by atoms with Crippen LogP contribution in [0.15, 0.2) is 24.3 Å². The molecule has 1 aromatic carbocycles. The van der Waals surface area contributed by atoms with E-state index in [1.165, 1.54) is 18.4 Å². The van der Waals surface area contributed by atoms with Crippen molar-refractivity contribution in [3.8, 4) is 0 Å². The quantitative estimate of drug-likeness (QED) is 0.925. The number of fused-ring (bicyclic) bond motifs is 1. The average Bonchev–Trinajstić information content (AvgIpc) is 3.23. The molecule has 1 N–H and O–H groups in total. The topological polar surface area (TPSA) is 39.3 Å². The summed E-state index contributed by atoms with van der Waals surface area (Å²) in [6.07, 6.45) is 4.74. The summed E-state index contributed by atoms with van der Waals surface area (Å²) in [7, 11) is 2.20. The molecule has 23 heavy (non-hydrogen) atoms. The molecule has 1 aromatic heterocycles. The Balaban J connectivity index is 1.61. The summed E-state index contributed by atoms with van der Waals surface area (Å²) in [5.41, 5.74) is 3.00. The summed E-state index contributed by atoms with van der Waals surface area (Å²) in [6, 6.07) is 9.21. The molecule has 2 atom stereocenters. The molecule has 0 aliphatic carbocycles. The van der Waals surface area contributed by atoms with Gasteiger partial charge in [-0.25, -0.2) is 0 Å². The van der Waals surface area contributed by atoms with Gasteiger partial charge in [0.2, 0.25) is 0 Å². The molecule has 4 rings (SSSR count). The van der Waals surface area contributed by atoms with Crippen molar-refractivity contribution in [1.82, 2.24) is 14.8 Å². The minimum absolute atomic E-state index is 0.168. The third-order valence-corrected chi connectivity index (χ3v) is 5.59. The second-order valence-electron chi connectivity index (χ2n) is 7.17. The minimum Gasteiger partial charge on any atom is -0.351 e. The van der Waals surface area contributed by atoms with Crippen molar-refractivity contribution >= 4 is 16.8 Å². The molecule has 2 saturated heterocycles. The third-order valence-electron chi connectivity index (χ3n) is 5.59. The van der Waals surface area contributed by atoms with Gasteiger partial charge in [-0.3, -0.25) is 4.79 Å². The largest absolute Gasteiger partial charge is 0.351 e. The lowest BCUT2D eigenvalue weighted by atomic mass is 10.0. The Labute approximate surface area is 137 Å². The highest BCUT2D eigenvalue weighted by atomic mass is 16.2. The molecule has 0 spiro atoms. The van der Waals surface area contributed by atoms with Crippen molar-refractivity contribution in [3.63, 3.8) is 0 Å². The van der Waals surface area contributed by atoms with Crippen LogP contribution in [0.1, 0.15) is 41.7 Å². The molecule has 4 nitrogen and oxygen atoms in total. The van der Waals surface area contributed by atoms with Crippen LogP contribution in [0.25, 0.3) is 10.9 Å². The third kappa shape index (κ3) is 2.55. The van der Waals surface area contributed by atoms with Crippen molar-refractivity contribution in [3.05, 3.63) is 35.5 Å². The maximum Gasteiger partial charge on any atom is 0.270 e. The van der Waals surface area contributed by atoms with E-state index < -0.39 is 0 Å². The maximum atomic E-state index is 13.1. The summed E-state index contributed by atoms with van der Waals surface area (Å²) in [4.78, 5) is 20.9. The van der Waals surface area contributed by atoms with Gasteiger partial charge in [0.15, 0.2) is 0 Å². The fraction of sp³-hybridized carbons (Fsp3) is 0.526. The number of likely N-dealkylation sites (N-methyl/N-ethyl adjacent to an activating group) is 1. The molecule has 4 heteroatoms. The number of nitrogens with zero attached hydrogens (tertiary/aromatic N) is 2. The van der Waals surface area contributed by atoms with Crippen LogP contribution >= 0.6 is 0 Å². The summed E-state index contributed by atoms with van der Waals surface area (Å²) in [5, 5.41) is 1.12. The molecule has 2 fully saturated rings. The number of aromatic nitrogens is 1. The van der Waals surface area contributed by atoms with E-state index in [1.54, 1.807) is 0 Å². The Morgan fingerprint density at radius 3 is 2.70 bits per heavy atom. The number of hydrogen-bond donors (Lipinski definition) is 1. The second-order valence-corrected chi connectivity index (χ2v) is 7.17. The first-order valence-corrected chi connectivity index (χ1v) is 8.74. The van der Waals surface area contributed by atoms with Gasteiger partial charge < -0.3 is 14.8 Å². The Morgan fingerprint density at radius 1 is 1.13 bits per heavy atom. The SMILES string of the molecule is Cc1ccc2cc(C(=O)N3CCC[C@@H]3[C@H]3CCCN3C)[nH]c2c1. The number of hydrogen-bond acceptors (Lipinski definition) is 2. The van der Waals surface area contributed by atoms with Crippen molar-refractivity contribution in [2.24, 2.45) is 0 Å². The molecule has 0 unspecified atom stereocenters. The molecule has 2 aliphatic rings. The number of benzene rings is 1. The van der Waals surface area contributed by atoms with Crippen LogP contribution in [0.5, 0.6) is 0 Å². The summed E-state index contributed by atoms with van der Waals surface area (Å²) in [6.45, 7) is 4.13. The van der Waals surface area contributed by atoms with Crippen molar-refractivity contribution < 1.29 is 4.79 Å². The number of nitrogens with one attached hydrogen (secondary N) is 1. The lowest BCUT2D eigenvalue weighted by Gasteiger charge is -2.33. The van der Waals surface area contributed by atoms with E-state index in [4.69, 9.17) is 0 Å². The van der Waals surface area contributed by atoms with E-state index in [9.17, 15) is 4.79 Å². The van der Waals surface area contributed by atoms with E-state index >= 15 is 0 Å². The molecule has 122 valence electrons. The Bertz CT molecular complexity index is 735. The van der Waals surface area contributed by atoms with Gasteiger partial charge in [-0.1, -0.05) is 12.1 Å². The van der Waals surface area contributed by atoms with Gasteiger partial charge in [-0.2, -0.15) is 0 Å². The van der Waals surface area contributed by atoms with Crippen LogP contribution in [0.4, 0.5) is 0 Å². The van der Waals surface area contributed by atoms with Gasteiger partial charge in [0.05, 0.1) is 0 Å². The van der Waals surface area contributed by atoms with Gasteiger partial charge in [-0.05, 0) is 63.9 Å². The number of carbonyl (C=O) groups is 1. The van der Waals surface area contributed by atoms with Crippen LogP contribution in [-0.2, 0) is 0 Å². The highest BCUT2D eigenvalue weighted by Gasteiger charge is 2.38. The number of H-pyrrole nitrogens is 1. The summed E-state index contributed by atoms with van der Waals surface area (Å²) >= 11 is 0. The number of aryl methyl sites for hydroxylation is 1. The first kappa shape index (κ1) is 14.8. The number of amides is 1. The van der Waals surface area contributed by atoms with Crippen LogP contribution < -0.4 is 0 Å². The van der Waals surface area contributed by atoms with Gasteiger partial charge in [0, 0.05) is 29.5 Å². The molecule has 0 radical (unpaired) electrons. The van der Waals surface area contributed by atoms with E-state index in [0.717, 1.165) is 42.5 Å². The highest BCUT2D eigenvalue weighted by Crippen LogP contribution is 2.30. The lowest BCUT2D eigenvalue weighted by molar-refractivity contribution is 0.0659. The Morgan fingerprint density at radius 2 is 1.91 bits per heavy atom. The number of carbonyl (C=O) groups excluding carboxylic acids is 1. The van der Waals surface area contributed by atoms with Crippen molar-refractivity contribution in [2.75, 3.05) is 20.1 Å². The van der Waals surface area contributed by atoms with Crippen LogP contribution in [0, 0.1) is 6.92 Å². The maximum absolute atomic E-state index is 13.1. The zero-order chi connectivity index (χ0) is 16.0. The average molecular weight is 311 g/mol. The predicted octanol–water partition coefficient (Wildman–Crippen LogP) is 3.18. The summed E-state index contributed by atoms with van der Waals surface area (Å²) < 4.78 is 0. The minimum atomic E-state index is 0.168. The van der Waals surface area contributed by atoms with Gasteiger partial charge in [-0.15, -0.1) is 0 Å². The van der Waals surface area contributed by atoms with Gasteiger partial charge in [0.25, 0.3) is 5.91 Å². The monoisotopic (exact) mass is 311 g/mol. The van der Waals surface area contributed by atoms with Crippen LogP contribution in [0.3, 0.4) is 0 Å². The van der Waals surface area contributed by atoms with E-state index in [2.05, 4.69) is 47.0 Å². The first-order chi connectivity index (χ1) is 11.1. The van der Waals surface area contributed by atoms with Crippen LogP contribution in [0.2, 0.25) is 0 Å². The molecular weight excluding hydrogens is 286 g/mol. The molecule has 2 aromatic rings. The lowest BCUT2D eigenvalue weighted by Crippen LogP contribution is -2.47. The number of rotatable bonds is 2. The first-order valence-electron chi connectivity index (χ1n) is 8.74. The predicted molar refractivity (Wildman–Crippen MR) is 92.7 cm³/mol. The van der Waals surface area contributed by atoms with E-state index in [0.29, 0.717) is 12.1 Å². The fourth-order valence-electron chi connectivity index (χ4n) is 4.38. The molecule has 1 amide bonds. The normalized spacial score (nSPS) is 25.6. The molecule has 0 saturated carbocycles. The molecule has 3 heterocycles. The number of likely N-dealkylation sites (tertiary alicyclic amines) is 2. The van der Waals surface area contributed by atoms with Crippen LogP contribution in [-0.4, -0.2) is 52.9 Å². The van der Waals surface area contributed by atoms with E-state index in [-0.39, 0.29) is 5.91 Å². The van der Waals surface area contributed by atoms with Crippen molar-refractivity contribution in [1.29, 1.82) is 0 Å². The summed E-state index contributed by atoms with van der Waals surface area (Å²) in [5.74, 6) is 0.168. The second kappa shape index (κ2) is 5.68. The highest BCUT2D eigenvalue weighted by molar-refractivity contribution is 5.98. The zero-order valence-corrected chi connectivity index (χ0v) is 14.0.